The van der Waals surface area contributed by atoms with Crippen molar-refractivity contribution in [3.63, 3.8) is 0 Å². The Balaban J connectivity index is 3.07. The molecule has 2 nitrogen and oxygen atoms in total. The highest BCUT2D eigenvalue weighted by Gasteiger charge is 2.23. The molecule has 2 heteroatoms. The van der Waals surface area contributed by atoms with Crippen LogP contribution in [0.25, 0.3) is 0 Å². The van der Waals surface area contributed by atoms with E-state index in [0.717, 1.165) is 22.6 Å². The Morgan fingerprint density at radius 1 is 1.26 bits per heavy atom. The van der Waals surface area contributed by atoms with Crippen LogP contribution in [0.4, 0.5) is 0 Å². The molecule has 0 aliphatic rings. The third-order valence-electron chi connectivity index (χ3n) is 3.30. The molecule has 102 valence electrons. The molecule has 2 N–H and O–H groups in total. The van der Waals surface area contributed by atoms with Gasteiger partial charge >= 0.3 is 0 Å². The molecule has 0 unspecified atom stereocenters. The highest BCUT2D eigenvalue weighted by molar-refractivity contribution is 5.39. The van der Waals surface area contributed by atoms with Gasteiger partial charge in [-0.2, -0.15) is 0 Å². The number of nitrogens with two attached hydrogens (primary N) is 1. The Morgan fingerprint density at radius 2 is 1.84 bits per heavy atom. The van der Waals surface area contributed by atoms with Crippen molar-refractivity contribution >= 4 is 0 Å². The molecule has 0 amide bonds. The van der Waals surface area contributed by atoms with E-state index in [1.165, 1.54) is 0 Å². The van der Waals surface area contributed by atoms with E-state index in [4.69, 9.17) is 10.5 Å². The number of methoxy groups -OCH3 is 1. The Kier molecular flexibility index (Phi) is 4.99. The van der Waals surface area contributed by atoms with Crippen molar-refractivity contribution in [3.8, 4) is 5.75 Å². The van der Waals surface area contributed by atoms with Crippen molar-refractivity contribution in [1.29, 1.82) is 0 Å². The summed E-state index contributed by atoms with van der Waals surface area (Å²) >= 11 is 0. The Bertz CT molecular complexity index is 492. The van der Waals surface area contributed by atoms with Gasteiger partial charge in [0.25, 0.3) is 0 Å². The molecule has 0 radical (unpaired) electrons. The number of ether oxygens (including phenoxy) is 1. The van der Waals surface area contributed by atoms with E-state index < -0.39 is 0 Å². The van der Waals surface area contributed by atoms with Crippen molar-refractivity contribution in [1.82, 2.24) is 0 Å². The third kappa shape index (κ3) is 3.75. The van der Waals surface area contributed by atoms with Crippen LogP contribution >= 0.6 is 0 Å². The SMILES string of the molecule is C=C/C=C(C)\C=C(/N)C(C)(C)c1ccc(OC)cc1. The maximum atomic E-state index is 6.24. The van der Waals surface area contributed by atoms with Gasteiger partial charge in [0.15, 0.2) is 0 Å². The highest BCUT2D eigenvalue weighted by atomic mass is 16.5. The van der Waals surface area contributed by atoms with Crippen LogP contribution in [0.1, 0.15) is 26.3 Å². The summed E-state index contributed by atoms with van der Waals surface area (Å²) in [5.41, 5.74) is 9.10. The maximum absolute atomic E-state index is 6.24. The van der Waals surface area contributed by atoms with E-state index in [2.05, 4.69) is 20.4 Å². The van der Waals surface area contributed by atoms with Gasteiger partial charge in [0.05, 0.1) is 7.11 Å². The van der Waals surface area contributed by atoms with Gasteiger partial charge in [-0.05, 0) is 36.3 Å². The quantitative estimate of drug-likeness (QED) is 0.811. The van der Waals surface area contributed by atoms with E-state index >= 15 is 0 Å². The Hall–Kier alpha value is -1.96. The van der Waals surface area contributed by atoms with E-state index in [1.807, 2.05) is 43.3 Å². The maximum Gasteiger partial charge on any atom is 0.118 e. The van der Waals surface area contributed by atoms with Crippen molar-refractivity contribution in [2.24, 2.45) is 5.73 Å². The van der Waals surface area contributed by atoms with Gasteiger partial charge < -0.3 is 10.5 Å². The molecule has 1 rings (SSSR count). The van der Waals surface area contributed by atoms with E-state index in [-0.39, 0.29) is 5.41 Å². The minimum Gasteiger partial charge on any atom is -0.497 e. The zero-order valence-electron chi connectivity index (χ0n) is 12.2. The van der Waals surface area contributed by atoms with Crippen molar-refractivity contribution in [2.75, 3.05) is 7.11 Å². The lowest BCUT2D eigenvalue weighted by atomic mass is 9.81. The summed E-state index contributed by atoms with van der Waals surface area (Å²) in [4.78, 5) is 0. The molecule has 0 atom stereocenters. The molecular weight excluding hydrogens is 234 g/mol. The molecule has 0 aliphatic carbocycles. The van der Waals surface area contributed by atoms with Gasteiger partial charge in [0.2, 0.25) is 0 Å². The monoisotopic (exact) mass is 257 g/mol. The predicted octanol–water partition coefficient (Wildman–Crippen LogP) is 3.95. The minimum absolute atomic E-state index is 0.220. The van der Waals surface area contributed by atoms with Crippen LogP contribution in [0.3, 0.4) is 0 Å². The molecule has 0 spiro atoms. The van der Waals surface area contributed by atoms with Crippen LogP contribution < -0.4 is 10.5 Å². The Labute approximate surface area is 116 Å². The third-order valence-corrected chi connectivity index (χ3v) is 3.30. The van der Waals surface area contributed by atoms with Gasteiger partial charge in [-0.1, -0.05) is 44.7 Å². The number of benzene rings is 1. The van der Waals surface area contributed by atoms with Crippen LogP contribution in [0.5, 0.6) is 5.75 Å². The fraction of sp³-hybridized carbons (Fsp3) is 0.294. The topological polar surface area (TPSA) is 35.2 Å². The average Bonchev–Trinajstić information content (AvgIpc) is 2.39. The van der Waals surface area contributed by atoms with Gasteiger partial charge in [0, 0.05) is 11.1 Å². The highest BCUT2D eigenvalue weighted by Crippen LogP contribution is 2.30. The lowest BCUT2D eigenvalue weighted by molar-refractivity contribution is 0.414. The molecule has 1 aromatic carbocycles. The van der Waals surface area contributed by atoms with Crippen LogP contribution in [0.15, 0.2) is 60.3 Å². The summed E-state index contributed by atoms with van der Waals surface area (Å²) in [6, 6.07) is 8.01. The van der Waals surface area contributed by atoms with Crippen LogP contribution in [-0.2, 0) is 5.41 Å². The second-order valence-electron chi connectivity index (χ2n) is 5.10. The van der Waals surface area contributed by atoms with Gasteiger partial charge in [0.1, 0.15) is 5.75 Å². The second kappa shape index (κ2) is 6.28. The molecule has 0 saturated carbocycles. The minimum atomic E-state index is -0.220. The number of rotatable bonds is 5. The molecule has 0 aromatic heterocycles. The normalized spacial score (nSPS) is 13.3. The van der Waals surface area contributed by atoms with Crippen molar-refractivity contribution in [2.45, 2.75) is 26.2 Å². The first-order chi connectivity index (χ1) is 8.91. The van der Waals surface area contributed by atoms with Crippen molar-refractivity contribution in [3.05, 3.63) is 65.9 Å². The fourth-order valence-corrected chi connectivity index (χ4v) is 1.83. The average molecular weight is 257 g/mol. The lowest BCUT2D eigenvalue weighted by Gasteiger charge is -2.26. The summed E-state index contributed by atoms with van der Waals surface area (Å²) in [5, 5.41) is 0. The van der Waals surface area contributed by atoms with E-state index in [0.29, 0.717) is 0 Å². The molecular formula is C17H23NO. The molecule has 19 heavy (non-hydrogen) atoms. The van der Waals surface area contributed by atoms with Crippen molar-refractivity contribution < 1.29 is 4.74 Å². The summed E-state index contributed by atoms with van der Waals surface area (Å²) in [7, 11) is 1.66. The number of hydrogen-bond acceptors (Lipinski definition) is 2. The summed E-state index contributed by atoms with van der Waals surface area (Å²) in [6.45, 7) is 9.93. The summed E-state index contributed by atoms with van der Waals surface area (Å²) < 4.78 is 5.17. The molecule has 0 bridgehead atoms. The number of allylic oxidation sites excluding steroid dienone is 5. The first-order valence-electron chi connectivity index (χ1n) is 6.33. The lowest BCUT2D eigenvalue weighted by Crippen LogP contribution is -2.26. The van der Waals surface area contributed by atoms with Crippen LogP contribution in [-0.4, -0.2) is 7.11 Å². The zero-order valence-corrected chi connectivity index (χ0v) is 12.2. The largest absolute Gasteiger partial charge is 0.497 e. The summed E-state index contributed by atoms with van der Waals surface area (Å²) in [5.74, 6) is 0.852. The van der Waals surface area contributed by atoms with Crippen LogP contribution in [0.2, 0.25) is 0 Å². The first kappa shape index (κ1) is 15.1. The molecule has 0 heterocycles. The predicted molar refractivity (Wildman–Crippen MR) is 82.2 cm³/mol. The smallest absolute Gasteiger partial charge is 0.118 e. The van der Waals surface area contributed by atoms with Gasteiger partial charge in [-0.25, -0.2) is 0 Å². The fourth-order valence-electron chi connectivity index (χ4n) is 1.83. The van der Waals surface area contributed by atoms with E-state index in [1.54, 1.807) is 13.2 Å². The van der Waals surface area contributed by atoms with Gasteiger partial charge in [-0.15, -0.1) is 0 Å². The first-order valence-corrected chi connectivity index (χ1v) is 6.33. The Morgan fingerprint density at radius 3 is 2.32 bits per heavy atom. The molecule has 0 fully saturated rings. The summed E-state index contributed by atoms with van der Waals surface area (Å²) in [6.07, 6.45) is 5.70. The van der Waals surface area contributed by atoms with Crippen LogP contribution in [0, 0.1) is 0 Å². The second-order valence-corrected chi connectivity index (χ2v) is 5.10. The molecule has 0 saturated heterocycles. The van der Waals surface area contributed by atoms with E-state index in [9.17, 15) is 0 Å². The molecule has 1 aromatic rings. The standard InChI is InChI=1S/C17H23NO/c1-6-7-13(2)12-16(18)17(3,4)14-8-10-15(19-5)11-9-14/h6-12H,1,18H2,2-5H3/b13-7-,16-12-. The zero-order chi connectivity index (χ0) is 14.5. The molecule has 0 aliphatic heterocycles. The number of hydrogen-bond donors (Lipinski definition) is 1. The van der Waals surface area contributed by atoms with Gasteiger partial charge in [-0.3, -0.25) is 0 Å².